The predicted molar refractivity (Wildman–Crippen MR) is 131 cm³/mol. The first-order valence-electron chi connectivity index (χ1n) is 10.5. The molecule has 8 heteroatoms. The maximum absolute atomic E-state index is 12.7. The minimum Gasteiger partial charge on any atom is -0.484 e. The first kappa shape index (κ1) is 22.9. The maximum atomic E-state index is 12.7. The lowest BCUT2D eigenvalue weighted by Crippen LogP contribution is -2.30. The van der Waals surface area contributed by atoms with Crippen LogP contribution in [0.25, 0.3) is 5.69 Å². The first-order chi connectivity index (χ1) is 16.1. The van der Waals surface area contributed by atoms with Crippen molar-refractivity contribution in [2.75, 3.05) is 0 Å². The van der Waals surface area contributed by atoms with Crippen LogP contribution in [0.3, 0.4) is 0 Å². The Morgan fingerprint density at radius 3 is 2.39 bits per heavy atom. The number of hydrogen-bond donors (Lipinski definition) is 1. The molecule has 0 saturated heterocycles. The van der Waals surface area contributed by atoms with Gasteiger partial charge in [-0.15, -0.1) is 10.2 Å². The number of aromatic nitrogens is 3. The minimum atomic E-state index is -0.363. The summed E-state index contributed by atoms with van der Waals surface area (Å²) >= 11 is 7.56. The average molecular weight is 479 g/mol. The zero-order valence-electron chi connectivity index (χ0n) is 18.0. The van der Waals surface area contributed by atoms with E-state index in [4.69, 9.17) is 16.3 Å². The van der Waals surface area contributed by atoms with Gasteiger partial charge in [0.2, 0.25) is 5.91 Å². The molecule has 0 aliphatic rings. The molecule has 0 radical (unpaired) electrons. The van der Waals surface area contributed by atoms with Crippen LogP contribution in [0, 0.1) is 0 Å². The van der Waals surface area contributed by atoms with E-state index in [1.807, 2.05) is 84.3 Å². The van der Waals surface area contributed by atoms with Crippen LogP contribution in [0.2, 0.25) is 5.02 Å². The average Bonchev–Trinajstić information content (AvgIpc) is 3.25. The van der Waals surface area contributed by atoms with Gasteiger partial charge in [-0.3, -0.25) is 9.36 Å². The topological polar surface area (TPSA) is 69.0 Å². The molecule has 0 bridgehead atoms. The van der Waals surface area contributed by atoms with E-state index in [9.17, 15) is 4.79 Å². The second-order valence-corrected chi connectivity index (χ2v) is 8.97. The van der Waals surface area contributed by atoms with Crippen LogP contribution < -0.4 is 10.1 Å². The van der Waals surface area contributed by atoms with E-state index in [0.29, 0.717) is 28.3 Å². The second kappa shape index (κ2) is 11.0. The Kier molecular flexibility index (Phi) is 7.65. The van der Waals surface area contributed by atoms with Gasteiger partial charge < -0.3 is 10.1 Å². The number of rotatable bonds is 9. The van der Waals surface area contributed by atoms with Crippen molar-refractivity contribution < 1.29 is 9.53 Å². The minimum absolute atomic E-state index is 0.0691. The molecule has 3 aromatic carbocycles. The smallest absolute Gasteiger partial charge is 0.233 e. The van der Waals surface area contributed by atoms with Crippen molar-refractivity contribution in [1.29, 1.82) is 0 Å². The lowest BCUT2D eigenvalue weighted by atomic mass is 10.2. The number of para-hydroxylation sites is 2. The molecular weight excluding hydrogens is 456 g/mol. The molecule has 4 rings (SSSR count). The third-order valence-electron chi connectivity index (χ3n) is 4.87. The number of amides is 1. The van der Waals surface area contributed by atoms with Crippen LogP contribution in [0.5, 0.6) is 5.75 Å². The predicted octanol–water partition coefficient (Wildman–Crippen LogP) is 5.30. The fourth-order valence-electron chi connectivity index (χ4n) is 3.15. The summed E-state index contributed by atoms with van der Waals surface area (Å²) in [6, 6.07) is 26.9. The molecule has 1 N–H and O–H groups in total. The van der Waals surface area contributed by atoms with Crippen molar-refractivity contribution in [2.45, 2.75) is 30.5 Å². The molecule has 1 heterocycles. The highest BCUT2D eigenvalue weighted by Crippen LogP contribution is 2.28. The Labute approximate surface area is 202 Å². The van der Waals surface area contributed by atoms with E-state index >= 15 is 0 Å². The SMILES string of the molecule is CC(Sc1nnc(COc2ccccc2Cl)n1-c1ccccc1)C(=O)NCc1ccccc1. The summed E-state index contributed by atoms with van der Waals surface area (Å²) < 4.78 is 7.80. The van der Waals surface area contributed by atoms with Gasteiger partial charge in [-0.2, -0.15) is 0 Å². The second-order valence-electron chi connectivity index (χ2n) is 7.25. The highest BCUT2D eigenvalue weighted by molar-refractivity contribution is 8.00. The van der Waals surface area contributed by atoms with E-state index in [0.717, 1.165) is 11.3 Å². The number of nitrogens with one attached hydrogen (secondary N) is 1. The van der Waals surface area contributed by atoms with Gasteiger partial charge in [-0.1, -0.05) is 84.0 Å². The van der Waals surface area contributed by atoms with Crippen LogP contribution in [0.15, 0.2) is 90.1 Å². The molecule has 1 unspecified atom stereocenters. The Hall–Kier alpha value is -3.29. The van der Waals surface area contributed by atoms with Crippen molar-refractivity contribution in [3.8, 4) is 11.4 Å². The van der Waals surface area contributed by atoms with Crippen LogP contribution in [-0.2, 0) is 17.9 Å². The number of carbonyl (C=O) groups is 1. The molecule has 0 fully saturated rings. The molecule has 0 aliphatic heterocycles. The summed E-state index contributed by atoms with van der Waals surface area (Å²) in [5, 5.41) is 12.4. The molecule has 6 nitrogen and oxygen atoms in total. The summed E-state index contributed by atoms with van der Waals surface area (Å²) in [4.78, 5) is 12.7. The Morgan fingerprint density at radius 1 is 1.00 bits per heavy atom. The summed E-state index contributed by atoms with van der Waals surface area (Å²) in [5.41, 5.74) is 1.94. The lowest BCUT2D eigenvalue weighted by Gasteiger charge is -2.14. The molecule has 1 amide bonds. The zero-order chi connectivity index (χ0) is 23.0. The van der Waals surface area contributed by atoms with E-state index in [2.05, 4.69) is 15.5 Å². The van der Waals surface area contributed by atoms with Crippen molar-refractivity contribution in [2.24, 2.45) is 0 Å². The fourth-order valence-corrected chi connectivity index (χ4v) is 4.25. The largest absolute Gasteiger partial charge is 0.484 e. The van der Waals surface area contributed by atoms with Gasteiger partial charge in [0.25, 0.3) is 0 Å². The molecule has 0 aliphatic carbocycles. The normalized spacial score (nSPS) is 11.7. The van der Waals surface area contributed by atoms with Crippen LogP contribution >= 0.6 is 23.4 Å². The number of ether oxygens (including phenoxy) is 1. The lowest BCUT2D eigenvalue weighted by molar-refractivity contribution is -0.120. The molecule has 0 saturated carbocycles. The van der Waals surface area contributed by atoms with Gasteiger partial charge in [0.15, 0.2) is 11.0 Å². The highest BCUT2D eigenvalue weighted by atomic mass is 35.5. The van der Waals surface area contributed by atoms with Gasteiger partial charge in [-0.25, -0.2) is 0 Å². The Balaban J connectivity index is 1.50. The third-order valence-corrected chi connectivity index (χ3v) is 6.22. The Bertz CT molecular complexity index is 1200. The van der Waals surface area contributed by atoms with Crippen LogP contribution in [-0.4, -0.2) is 25.9 Å². The summed E-state index contributed by atoms with van der Waals surface area (Å²) in [6.07, 6.45) is 0. The van der Waals surface area contributed by atoms with E-state index in [-0.39, 0.29) is 17.8 Å². The summed E-state index contributed by atoms with van der Waals surface area (Å²) in [7, 11) is 0. The zero-order valence-corrected chi connectivity index (χ0v) is 19.6. The molecular formula is C25H23ClN4O2S. The van der Waals surface area contributed by atoms with E-state index < -0.39 is 0 Å². The molecule has 33 heavy (non-hydrogen) atoms. The van der Waals surface area contributed by atoms with Crippen molar-refractivity contribution in [1.82, 2.24) is 20.1 Å². The molecule has 168 valence electrons. The quantitative estimate of drug-likeness (QED) is 0.331. The maximum Gasteiger partial charge on any atom is 0.233 e. The summed E-state index contributed by atoms with van der Waals surface area (Å²) in [5.74, 6) is 1.12. The number of thioether (sulfide) groups is 1. The van der Waals surface area contributed by atoms with Gasteiger partial charge in [-0.05, 0) is 36.8 Å². The van der Waals surface area contributed by atoms with E-state index in [1.54, 1.807) is 12.1 Å². The number of nitrogens with zero attached hydrogens (tertiary/aromatic N) is 3. The number of hydrogen-bond acceptors (Lipinski definition) is 5. The van der Waals surface area contributed by atoms with Crippen LogP contribution in [0.1, 0.15) is 18.3 Å². The Morgan fingerprint density at radius 2 is 1.67 bits per heavy atom. The standard InChI is InChI=1S/C25H23ClN4O2S/c1-18(24(31)27-16-19-10-4-2-5-11-19)33-25-29-28-23(30(25)20-12-6-3-7-13-20)17-32-22-15-9-8-14-21(22)26/h2-15,18H,16-17H2,1H3,(H,27,31). The van der Waals surface area contributed by atoms with E-state index in [1.165, 1.54) is 11.8 Å². The molecule has 1 atom stereocenters. The highest BCUT2D eigenvalue weighted by Gasteiger charge is 2.21. The summed E-state index contributed by atoms with van der Waals surface area (Å²) in [6.45, 7) is 2.52. The number of carbonyl (C=O) groups excluding carboxylic acids is 1. The van der Waals surface area contributed by atoms with Crippen LogP contribution in [0.4, 0.5) is 0 Å². The van der Waals surface area contributed by atoms with Gasteiger partial charge >= 0.3 is 0 Å². The van der Waals surface area contributed by atoms with Gasteiger partial charge in [0.1, 0.15) is 12.4 Å². The molecule has 0 spiro atoms. The molecule has 4 aromatic rings. The first-order valence-corrected chi connectivity index (χ1v) is 11.7. The third kappa shape index (κ3) is 5.94. The number of halogens is 1. The monoisotopic (exact) mass is 478 g/mol. The fraction of sp³-hybridized carbons (Fsp3) is 0.160. The van der Waals surface area contributed by atoms with Gasteiger partial charge in [0, 0.05) is 12.2 Å². The number of benzene rings is 3. The van der Waals surface area contributed by atoms with Crippen molar-refractivity contribution >= 4 is 29.3 Å². The molecule has 1 aromatic heterocycles. The van der Waals surface area contributed by atoms with Gasteiger partial charge in [0.05, 0.1) is 10.3 Å². The van der Waals surface area contributed by atoms with Crippen molar-refractivity contribution in [3.63, 3.8) is 0 Å². The van der Waals surface area contributed by atoms with Crippen molar-refractivity contribution in [3.05, 3.63) is 101 Å².